The number of carbonyl (C=O) groups is 1. The fraction of sp³-hybridized carbons (Fsp3) is 0.444. The number of aromatic nitrogens is 1. The van der Waals surface area contributed by atoms with Crippen molar-refractivity contribution in [3.05, 3.63) is 35.8 Å². The number of hydrogen-bond acceptors (Lipinski definition) is 7. The highest BCUT2D eigenvalue weighted by molar-refractivity contribution is 7.22. The second-order valence-electron chi connectivity index (χ2n) is 6.34. The van der Waals surface area contributed by atoms with Gasteiger partial charge in [-0.05, 0) is 6.07 Å². The van der Waals surface area contributed by atoms with Crippen LogP contribution in [-0.4, -0.2) is 68.4 Å². The third-order valence-corrected chi connectivity index (χ3v) is 5.51. The van der Waals surface area contributed by atoms with E-state index in [1.165, 1.54) is 17.2 Å². The van der Waals surface area contributed by atoms with Crippen molar-refractivity contribution in [1.82, 2.24) is 9.88 Å². The van der Waals surface area contributed by atoms with Gasteiger partial charge in [0.25, 0.3) is 5.91 Å². The Kier molecular flexibility index (Phi) is 5.69. The van der Waals surface area contributed by atoms with Crippen LogP contribution < -0.4 is 4.90 Å². The number of amides is 1. The molecule has 150 valence electrons. The molecule has 7 nitrogen and oxygen atoms in total. The second-order valence-corrected chi connectivity index (χ2v) is 7.35. The minimum absolute atomic E-state index is 0.0420. The normalized spacial score (nSPS) is 17.7. The molecule has 10 heteroatoms. The van der Waals surface area contributed by atoms with Crippen molar-refractivity contribution in [3.63, 3.8) is 0 Å². The molecule has 0 saturated carbocycles. The van der Waals surface area contributed by atoms with E-state index in [1.54, 1.807) is 0 Å². The van der Waals surface area contributed by atoms with Crippen molar-refractivity contribution in [2.75, 3.05) is 57.5 Å². The van der Waals surface area contributed by atoms with Crippen molar-refractivity contribution >= 4 is 32.6 Å². The highest BCUT2D eigenvalue weighted by Gasteiger charge is 2.27. The van der Waals surface area contributed by atoms with E-state index >= 15 is 0 Å². The van der Waals surface area contributed by atoms with E-state index in [0.717, 1.165) is 30.5 Å². The summed E-state index contributed by atoms with van der Waals surface area (Å²) >= 11 is 1.06. The maximum atomic E-state index is 14.1. The Morgan fingerprint density at radius 1 is 1.21 bits per heavy atom. The van der Waals surface area contributed by atoms with E-state index in [9.17, 15) is 13.6 Å². The SMILES string of the molecule is O=C(C1=COCCO1)N(CCN1CCOCC1)c1nc2c(F)cc(F)cc2s1. The molecule has 0 bridgehead atoms. The molecule has 3 heterocycles. The lowest BCUT2D eigenvalue weighted by molar-refractivity contribution is -0.119. The molecule has 0 spiro atoms. The van der Waals surface area contributed by atoms with Crippen LogP contribution in [0.3, 0.4) is 0 Å². The molecule has 0 unspecified atom stereocenters. The zero-order valence-corrected chi connectivity index (χ0v) is 15.8. The first kappa shape index (κ1) is 19.0. The number of benzene rings is 1. The first-order valence-electron chi connectivity index (χ1n) is 8.94. The number of ether oxygens (including phenoxy) is 3. The summed E-state index contributed by atoms with van der Waals surface area (Å²) in [7, 11) is 0. The van der Waals surface area contributed by atoms with Crippen LogP contribution in [0.15, 0.2) is 24.2 Å². The fourth-order valence-corrected chi connectivity index (χ4v) is 4.05. The maximum absolute atomic E-state index is 14.1. The quantitative estimate of drug-likeness (QED) is 0.751. The lowest BCUT2D eigenvalue weighted by Crippen LogP contribution is -2.44. The summed E-state index contributed by atoms with van der Waals surface area (Å²) in [6.07, 6.45) is 1.28. The van der Waals surface area contributed by atoms with Gasteiger partial charge >= 0.3 is 0 Å². The molecule has 0 N–H and O–H groups in total. The molecule has 2 aliphatic heterocycles. The minimum Gasteiger partial charge on any atom is -0.494 e. The van der Waals surface area contributed by atoms with Gasteiger partial charge in [-0.2, -0.15) is 0 Å². The number of carbonyl (C=O) groups excluding carboxylic acids is 1. The molecular weight excluding hydrogens is 392 g/mol. The number of rotatable bonds is 5. The van der Waals surface area contributed by atoms with E-state index in [0.29, 0.717) is 37.6 Å². The molecule has 28 heavy (non-hydrogen) atoms. The molecule has 1 aromatic heterocycles. The van der Waals surface area contributed by atoms with Crippen LogP contribution >= 0.6 is 11.3 Å². The van der Waals surface area contributed by atoms with Crippen LogP contribution in [0.5, 0.6) is 0 Å². The predicted octanol–water partition coefficient (Wildman–Crippen LogP) is 2.13. The molecule has 4 rings (SSSR count). The summed E-state index contributed by atoms with van der Waals surface area (Å²) in [5, 5.41) is 0.285. The zero-order valence-electron chi connectivity index (χ0n) is 15.0. The largest absolute Gasteiger partial charge is 0.494 e. The van der Waals surface area contributed by atoms with Gasteiger partial charge in [0.15, 0.2) is 10.9 Å². The van der Waals surface area contributed by atoms with Crippen LogP contribution in [0.25, 0.3) is 10.2 Å². The molecule has 1 amide bonds. The third kappa shape index (κ3) is 4.08. The summed E-state index contributed by atoms with van der Waals surface area (Å²) < 4.78 is 43.9. The van der Waals surface area contributed by atoms with Crippen LogP contribution in [-0.2, 0) is 19.0 Å². The topological polar surface area (TPSA) is 64.1 Å². The van der Waals surface area contributed by atoms with Gasteiger partial charge in [0.2, 0.25) is 5.76 Å². The first-order chi connectivity index (χ1) is 13.6. The summed E-state index contributed by atoms with van der Waals surface area (Å²) in [5.41, 5.74) is 0.0420. The molecular formula is C18H19F2N3O4S. The molecule has 0 aliphatic carbocycles. The average molecular weight is 411 g/mol. The summed E-state index contributed by atoms with van der Waals surface area (Å²) in [5.74, 6) is -1.79. The summed E-state index contributed by atoms with van der Waals surface area (Å²) in [4.78, 5) is 20.9. The van der Waals surface area contributed by atoms with Crippen molar-refractivity contribution in [2.24, 2.45) is 0 Å². The van der Waals surface area contributed by atoms with E-state index in [-0.39, 0.29) is 23.0 Å². The smallest absolute Gasteiger partial charge is 0.298 e. The lowest BCUT2D eigenvalue weighted by Gasteiger charge is -2.29. The molecule has 2 aromatic rings. The number of hydrogen-bond donors (Lipinski definition) is 0. The standard InChI is InChI=1S/C18H19F2N3O4S/c19-12-9-13(20)16-15(10-12)28-18(21-16)23(2-1-22-3-5-25-6-4-22)17(24)14-11-26-7-8-27-14/h9-11H,1-8H2. The van der Waals surface area contributed by atoms with Crippen molar-refractivity contribution in [1.29, 1.82) is 0 Å². The molecule has 1 saturated heterocycles. The van der Waals surface area contributed by atoms with Gasteiger partial charge in [-0.15, -0.1) is 0 Å². The Labute approximate surface area is 164 Å². The van der Waals surface area contributed by atoms with Crippen molar-refractivity contribution in [3.8, 4) is 0 Å². The van der Waals surface area contributed by atoms with E-state index in [4.69, 9.17) is 14.2 Å². The second kappa shape index (κ2) is 8.38. The number of thiazole rings is 1. The molecule has 0 radical (unpaired) electrons. The Morgan fingerprint density at radius 3 is 2.79 bits per heavy atom. The summed E-state index contributed by atoms with van der Waals surface area (Å²) in [6, 6.07) is 2.00. The highest BCUT2D eigenvalue weighted by atomic mass is 32.1. The number of anilines is 1. The number of morpholine rings is 1. The zero-order chi connectivity index (χ0) is 19.5. The van der Waals surface area contributed by atoms with Crippen molar-refractivity contribution in [2.45, 2.75) is 0 Å². The van der Waals surface area contributed by atoms with Gasteiger partial charge < -0.3 is 14.2 Å². The predicted molar refractivity (Wildman–Crippen MR) is 99.1 cm³/mol. The minimum atomic E-state index is -0.755. The van der Waals surface area contributed by atoms with E-state index in [2.05, 4.69) is 9.88 Å². The Balaban J connectivity index is 1.62. The number of fused-ring (bicyclic) bond motifs is 1. The number of nitrogens with zero attached hydrogens (tertiary/aromatic N) is 3. The first-order valence-corrected chi connectivity index (χ1v) is 9.75. The van der Waals surface area contributed by atoms with Gasteiger partial charge in [0, 0.05) is 32.2 Å². The number of halogens is 2. The monoisotopic (exact) mass is 411 g/mol. The Bertz CT molecular complexity index is 898. The fourth-order valence-electron chi connectivity index (χ4n) is 3.02. The van der Waals surface area contributed by atoms with Gasteiger partial charge in [0.1, 0.15) is 30.8 Å². The van der Waals surface area contributed by atoms with Crippen LogP contribution in [0.1, 0.15) is 0 Å². The van der Waals surface area contributed by atoms with Gasteiger partial charge in [-0.1, -0.05) is 11.3 Å². The molecule has 1 aromatic carbocycles. The van der Waals surface area contributed by atoms with Crippen molar-refractivity contribution < 1.29 is 27.8 Å². The molecule has 0 atom stereocenters. The molecule has 2 aliphatic rings. The summed E-state index contributed by atoms with van der Waals surface area (Å²) in [6.45, 7) is 4.38. The van der Waals surface area contributed by atoms with Gasteiger partial charge in [-0.25, -0.2) is 13.8 Å². The van der Waals surface area contributed by atoms with E-state index in [1.807, 2.05) is 0 Å². The lowest BCUT2D eigenvalue weighted by atomic mass is 10.3. The van der Waals surface area contributed by atoms with Gasteiger partial charge in [0.05, 0.1) is 17.9 Å². The van der Waals surface area contributed by atoms with Crippen LogP contribution in [0.2, 0.25) is 0 Å². The highest BCUT2D eigenvalue weighted by Crippen LogP contribution is 2.32. The van der Waals surface area contributed by atoms with Gasteiger partial charge in [-0.3, -0.25) is 14.6 Å². The Hall–Kier alpha value is -2.30. The van der Waals surface area contributed by atoms with E-state index < -0.39 is 17.5 Å². The Morgan fingerprint density at radius 2 is 2.04 bits per heavy atom. The van der Waals surface area contributed by atoms with Crippen LogP contribution in [0.4, 0.5) is 13.9 Å². The average Bonchev–Trinajstić information content (AvgIpc) is 3.13. The maximum Gasteiger partial charge on any atom is 0.298 e. The third-order valence-electron chi connectivity index (χ3n) is 4.48. The van der Waals surface area contributed by atoms with Crippen LogP contribution in [0, 0.1) is 11.6 Å². The molecule has 1 fully saturated rings.